The van der Waals surface area contributed by atoms with Crippen molar-refractivity contribution in [3.8, 4) is 17.2 Å². The van der Waals surface area contributed by atoms with Gasteiger partial charge in [-0.05, 0) is 100.0 Å². The third-order valence-electron chi connectivity index (χ3n) is 2.90. The molecule has 0 saturated carbocycles. The van der Waals surface area contributed by atoms with Crippen LogP contribution in [0.3, 0.4) is 0 Å². The number of carboxylic acids is 1. The van der Waals surface area contributed by atoms with Gasteiger partial charge >= 0.3 is 5.97 Å². The molecule has 2 rings (SSSR count). The molecule has 0 aromatic heterocycles. The summed E-state index contributed by atoms with van der Waals surface area (Å²) in [7, 11) is 0. The number of aliphatic carboxylic acids is 1. The van der Waals surface area contributed by atoms with E-state index in [1.165, 1.54) is 0 Å². The van der Waals surface area contributed by atoms with Crippen LogP contribution >= 0.6 is 63.7 Å². The molecule has 4 nitrogen and oxygen atoms in total. The Morgan fingerprint density at radius 1 is 0.957 bits per heavy atom. The highest BCUT2D eigenvalue weighted by Crippen LogP contribution is 2.41. The molecule has 0 atom stereocenters. The lowest BCUT2D eigenvalue weighted by atomic mass is 10.1. The molecule has 0 bridgehead atoms. The zero-order valence-corrected chi connectivity index (χ0v) is 17.8. The molecule has 122 valence electrons. The minimum absolute atomic E-state index is 0.0664. The molecule has 0 fully saturated rings. The average Bonchev–Trinajstić information content (AvgIpc) is 2.46. The fraction of sp³-hybridized carbons (Fsp3) is 0.133. The molecule has 23 heavy (non-hydrogen) atoms. The quantitative estimate of drug-likeness (QED) is 0.444. The fourth-order valence-corrected chi connectivity index (χ4v) is 4.41. The summed E-state index contributed by atoms with van der Waals surface area (Å²) in [6, 6.07) is 6.95. The Labute approximate surface area is 166 Å². The summed E-state index contributed by atoms with van der Waals surface area (Å²) in [6.07, 6.45) is 0.500. The van der Waals surface area contributed by atoms with Gasteiger partial charge in [0.05, 0.1) is 17.9 Å². The highest BCUT2D eigenvalue weighted by molar-refractivity contribution is 9.11. The largest absolute Gasteiger partial charge is 0.506 e. The zero-order chi connectivity index (χ0) is 17.1. The van der Waals surface area contributed by atoms with Crippen molar-refractivity contribution in [3.05, 3.63) is 47.7 Å². The third-order valence-corrected chi connectivity index (χ3v) is 5.28. The first-order valence-electron chi connectivity index (χ1n) is 6.33. The summed E-state index contributed by atoms with van der Waals surface area (Å²) < 4.78 is 8.27. The van der Waals surface area contributed by atoms with Crippen molar-refractivity contribution in [2.24, 2.45) is 0 Å². The Morgan fingerprint density at radius 3 is 1.96 bits per heavy atom. The van der Waals surface area contributed by atoms with Crippen LogP contribution in [0.15, 0.2) is 42.2 Å². The minimum atomic E-state index is -0.837. The number of phenols is 1. The predicted octanol–water partition coefficient (Wildman–Crippen LogP) is 6.25. The van der Waals surface area contributed by atoms with E-state index in [4.69, 9.17) is 9.84 Å². The number of benzene rings is 2. The lowest BCUT2D eigenvalue weighted by Gasteiger charge is -2.13. The Hall–Kier alpha value is -0.570. The average molecular weight is 574 g/mol. The molecule has 0 unspecified atom stereocenters. The van der Waals surface area contributed by atoms with Crippen LogP contribution in [0.4, 0.5) is 0 Å². The van der Waals surface area contributed by atoms with Gasteiger partial charge in [0.15, 0.2) is 5.75 Å². The molecule has 0 saturated heterocycles. The van der Waals surface area contributed by atoms with Crippen LogP contribution < -0.4 is 4.74 Å². The number of rotatable bonds is 5. The van der Waals surface area contributed by atoms with E-state index in [9.17, 15) is 9.90 Å². The van der Waals surface area contributed by atoms with Gasteiger partial charge in [0, 0.05) is 6.42 Å². The molecule has 2 N–H and O–H groups in total. The van der Waals surface area contributed by atoms with E-state index >= 15 is 0 Å². The molecule has 0 heterocycles. The number of carboxylic acid groups (broad SMARTS) is 1. The van der Waals surface area contributed by atoms with E-state index in [0.29, 0.717) is 35.8 Å². The summed E-state index contributed by atoms with van der Waals surface area (Å²) in [6.45, 7) is 0. The number of hydrogen-bond acceptors (Lipinski definition) is 3. The van der Waals surface area contributed by atoms with Crippen molar-refractivity contribution >= 4 is 69.7 Å². The SMILES string of the molecule is O=C(O)CCc1cc(Br)c(Oc2cc(Br)c(O)c(Br)c2)c(Br)c1. The van der Waals surface area contributed by atoms with Crippen molar-refractivity contribution in [1.29, 1.82) is 0 Å². The van der Waals surface area contributed by atoms with Crippen LogP contribution in [0.1, 0.15) is 12.0 Å². The Bertz CT molecular complexity index is 715. The highest BCUT2D eigenvalue weighted by Gasteiger charge is 2.13. The zero-order valence-electron chi connectivity index (χ0n) is 11.4. The van der Waals surface area contributed by atoms with E-state index in [1.54, 1.807) is 12.1 Å². The van der Waals surface area contributed by atoms with E-state index in [-0.39, 0.29) is 12.2 Å². The molecule has 0 amide bonds. The van der Waals surface area contributed by atoms with Crippen molar-refractivity contribution in [2.75, 3.05) is 0 Å². The summed E-state index contributed by atoms with van der Waals surface area (Å²) in [4.78, 5) is 10.7. The number of ether oxygens (including phenoxy) is 1. The minimum Gasteiger partial charge on any atom is -0.506 e. The molecule has 0 radical (unpaired) electrons. The van der Waals surface area contributed by atoms with Gasteiger partial charge in [-0.3, -0.25) is 4.79 Å². The number of halogens is 4. The van der Waals surface area contributed by atoms with E-state index in [2.05, 4.69) is 63.7 Å². The van der Waals surface area contributed by atoms with E-state index < -0.39 is 5.97 Å². The highest BCUT2D eigenvalue weighted by atomic mass is 79.9. The van der Waals surface area contributed by atoms with Gasteiger partial charge in [0.25, 0.3) is 0 Å². The molecular formula is C15H10Br4O4. The summed E-state index contributed by atoms with van der Waals surface area (Å²) >= 11 is 13.4. The number of aromatic hydroxyl groups is 1. The molecule has 2 aromatic rings. The maximum atomic E-state index is 10.7. The Morgan fingerprint density at radius 2 is 1.48 bits per heavy atom. The molecule has 2 aromatic carbocycles. The number of phenolic OH excluding ortho intramolecular Hbond substituents is 1. The monoisotopic (exact) mass is 570 g/mol. The van der Waals surface area contributed by atoms with Crippen LogP contribution in [0.2, 0.25) is 0 Å². The maximum Gasteiger partial charge on any atom is 0.303 e. The topological polar surface area (TPSA) is 66.8 Å². The summed E-state index contributed by atoms with van der Waals surface area (Å²) in [5, 5.41) is 18.5. The van der Waals surface area contributed by atoms with Gasteiger partial charge in [-0.2, -0.15) is 0 Å². The molecule has 0 aliphatic heterocycles. The normalized spacial score (nSPS) is 10.6. The second kappa shape index (κ2) is 8.00. The van der Waals surface area contributed by atoms with E-state index in [0.717, 1.165) is 5.56 Å². The summed E-state index contributed by atoms with van der Waals surface area (Å²) in [5.74, 6) is 0.352. The lowest BCUT2D eigenvalue weighted by Crippen LogP contribution is -1.98. The standard InChI is InChI=1S/C15H10Br4O4/c16-9-5-8(6-10(17)14(9)22)23-15-11(18)3-7(4-12(15)19)1-2-13(20)21/h3-6,22H,1-2H2,(H,20,21). The fourth-order valence-electron chi connectivity index (χ4n) is 1.82. The van der Waals surface area contributed by atoms with Crippen molar-refractivity contribution in [1.82, 2.24) is 0 Å². The molecule has 0 aliphatic rings. The third kappa shape index (κ3) is 4.95. The maximum absolute atomic E-state index is 10.7. The number of carbonyl (C=O) groups is 1. The van der Waals surface area contributed by atoms with Crippen molar-refractivity contribution < 1.29 is 19.7 Å². The summed E-state index contributed by atoms with van der Waals surface area (Å²) in [5.41, 5.74) is 0.881. The van der Waals surface area contributed by atoms with Gasteiger partial charge in [-0.15, -0.1) is 0 Å². The van der Waals surface area contributed by atoms with Crippen molar-refractivity contribution in [3.63, 3.8) is 0 Å². The predicted molar refractivity (Wildman–Crippen MR) is 101 cm³/mol. The van der Waals surface area contributed by atoms with Gasteiger partial charge in [-0.25, -0.2) is 0 Å². The molecule has 8 heteroatoms. The van der Waals surface area contributed by atoms with Crippen LogP contribution in [0, 0.1) is 0 Å². The molecular weight excluding hydrogens is 564 g/mol. The van der Waals surface area contributed by atoms with Gasteiger partial charge in [0.2, 0.25) is 0 Å². The first-order chi connectivity index (χ1) is 10.8. The van der Waals surface area contributed by atoms with Gasteiger partial charge in [0.1, 0.15) is 11.5 Å². The second-order valence-corrected chi connectivity index (χ2v) is 8.04. The van der Waals surface area contributed by atoms with E-state index in [1.807, 2.05) is 12.1 Å². The van der Waals surface area contributed by atoms with Gasteiger partial charge < -0.3 is 14.9 Å². The number of aryl methyl sites for hydroxylation is 1. The van der Waals surface area contributed by atoms with Gasteiger partial charge in [-0.1, -0.05) is 0 Å². The number of hydrogen-bond donors (Lipinski definition) is 2. The Kier molecular flexibility index (Phi) is 6.53. The van der Waals surface area contributed by atoms with Crippen LogP contribution in [-0.2, 0) is 11.2 Å². The van der Waals surface area contributed by atoms with Crippen LogP contribution in [0.25, 0.3) is 0 Å². The molecule has 0 aliphatic carbocycles. The van der Waals surface area contributed by atoms with Crippen molar-refractivity contribution in [2.45, 2.75) is 12.8 Å². The van der Waals surface area contributed by atoms with Crippen LogP contribution in [0.5, 0.6) is 17.2 Å². The first-order valence-corrected chi connectivity index (χ1v) is 9.50. The molecule has 0 spiro atoms. The lowest BCUT2D eigenvalue weighted by molar-refractivity contribution is -0.136. The second-order valence-electron chi connectivity index (χ2n) is 4.62. The first kappa shape index (κ1) is 18.8. The smallest absolute Gasteiger partial charge is 0.303 e. The van der Waals surface area contributed by atoms with Crippen LogP contribution in [-0.4, -0.2) is 16.2 Å². The Balaban J connectivity index is 2.28.